The van der Waals surface area contributed by atoms with E-state index >= 15 is 0 Å². The second-order valence-electron chi connectivity index (χ2n) is 7.58. The molecule has 0 spiro atoms. The molecule has 0 aromatic carbocycles. The Morgan fingerprint density at radius 3 is 2.75 bits per heavy atom. The summed E-state index contributed by atoms with van der Waals surface area (Å²) in [5, 5.41) is 0. The van der Waals surface area contributed by atoms with Gasteiger partial charge in [0.2, 0.25) is 0 Å². The lowest BCUT2D eigenvalue weighted by atomic mass is 10.00. The topological polar surface area (TPSA) is 44.1 Å². The van der Waals surface area contributed by atoms with Gasteiger partial charge in [0.15, 0.2) is 0 Å². The third kappa shape index (κ3) is 3.40. The zero-order valence-electron chi connectivity index (χ0n) is 14.8. The lowest BCUT2D eigenvalue weighted by Crippen LogP contribution is -2.32. The number of fused-ring (bicyclic) bond motifs is 1. The largest absolute Gasteiger partial charge is 0.465 e. The van der Waals surface area contributed by atoms with E-state index in [0.717, 1.165) is 70.5 Å². The van der Waals surface area contributed by atoms with Gasteiger partial charge in [-0.3, -0.25) is 4.90 Å². The first-order chi connectivity index (χ1) is 11.7. The quantitative estimate of drug-likeness (QED) is 0.827. The van der Waals surface area contributed by atoms with Crippen LogP contribution in [0.1, 0.15) is 29.9 Å². The molecule has 1 aromatic heterocycles. The summed E-state index contributed by atoms with van der Waals surface area (Å²) < 4.78 is 23.4. The highest BCUT2D eigenvalue weighted by Gasteiger charge is 2.46. The molecule has 0 amide bonds. The van der Waals surface area contributed by atoms with Gasteiger partial charge in [-0.25, -0.2) is 0 Å². The number of hydrogen-bond donors (Lipinski definition) is 0. The molecule has 0 aliphatic carbocycles. The Labute approximate surface area is 144 Å². The Bertz CT molecular complexity index is 532. The van der Waals surface area contributed by atoms with Crippen LogP contribution in [0.25, 0.3) is 0 Å². The van der Waals surface area contributed by atoms with Crippen molar-refractivity contribution >= 4 is 0 Å². The van der Waals surface area contributed by atoms with Crippen LogP contribution in [-0.2, 0) is 20.8 Å². The summed E-state index contributed by atoms with van der Waals surface area (Å²) in [6.07, 6.45) is 2.55. The van der Waals surface area contributed by atoms with Crippen molar-refractivity contribution in [3.8, 4) is 0 Å². The van der Waals surface area contributed by atoms with Gasteiger partial charge in [0.1, 0.15) is 11.5 Å². The number of nitrogens with zero attached hydrogens (tertiary/aromatic N) is 1. The van der Waals surface area contributed by atoms with Crippen LogP contribution >= 0.6 is 0 Å². The highest BCUT2D eigenvalue weighted by Crippen LogP contribution is 2.34. The molecule has 0 saturated carbocycles. The molecule has 0 radical (unpaired) electrons. The Morgan fingerprint density at radius 1 is 1.17 bits per heavy atom. The molecule has 3 aliphatic heterocycles. The Morgan fingerprint density at radius 2 is 2.00 bits per heavy atom. The SMILES string of the molecule is Cc1cc(CN2C[C@H](OCC3CCOCC3)[C@H]3COC[C@H]32)oc1C. The molecule has 3 aliphatic rings. The van der Waals surface area contributed by atoms with Gasteiger partial charge < -0.3 is 18.6 Å². The number of hydrogen-bond acceptors (Lipinski definition) is 5. The predicted octanol–water partition coefficient (Wildman–Crippen LogP) is 2.54. The van der Waals surface area contributed by atoms with Crippen LogP contribution in [0.15, 0.2) is 10.5 Å². The standard InChI is InChI=1S/C19H29NO4/c1-13-7-16(24-14(13)2)8-20-9-19(17-11-22-12-18(17)20)23-10-15-3-5-21-6-4-15/h7,15,17-19H,3-6,8-12H2,1-2H3/t17-,18+,19-/m0/s1. The molecule has 3 saturated heterocycles. The van der Waals surface area contributed by atoms with Gasteiger partial charge in [-0.2, -0.15) is 0 Å². The fourth-order valence-corrected chi connectivity index (χ4v) is 4.25. The van der Waals surface area contributed by atoms with Crippen molar-refractivity contribution < 1.29 is 18.6 Å². The summed E-state index contributed by atoms with van der Waals surface area (Å²) in [5.41, 5.74) is 1.23. The zero-order valence-corrected chi connectivity index (χ0v) is 14.8. The summed E-state index contributed by atoms with van der Waals surface area (Å²) in [6.45, 7) is 10.3. The van der Waals surface area contributed by atoms with Crippen LogP contribution in [0.5, 0.6) is 0 Å². The van der Waals surface area contributed by atoms with E-state index in [0.29, 0.717) is 17.9 Å². The zero-order chi connectivity index (χ0) is 16.5. The van der Waals surface area contributed by atoms with E-state index in [1.807, 2.05) is 6.92 Å². The molecule has 134 valence electrons. The molecule has 0 bridgehead atoms. The molecular formula is C19H29NO4. The van der Waals surface area contributed by atoms with Crippen molar-refractivity contribution in [3.63, 3.8) is 0 Å². The Hall–Kier alpha value is -0.880. The van der Waals surface area contributed by atoms with Gasteiger partial charge in [0, 0.05) is 31.7 Å². The monoisotopic (exact) mass is 335 g/mol. The minimum absolute atomic E-state index is 0.289. The van der Waals surface area contributed by atoms with Gasteiger partial charge in [-0.1, -0.05) is 0 Å². The maximum absolute atomic E-state index is 6.35. The Kier molecular flexibility index (Phi) is 4.95. The number of likely N-dealkylation sites (tertiary alicyclic amines) is 1. The van der Waals surface area contributed by atoms with Crippen molar-refractivity contribution in [1.29, 1.82) is 0 Å². The van der Waals surface area contributed by atoms with Crippen LogP contribution in [0.2, 0.25) is 0 Å². The summed E-state index contributed by atoms with van der Waals surface area (Å²) in [4.78, 5) is 2.49. The first-order valence-corrected chi connectivity index (χ1v) is 9.28. The number of furan rings is 1. The van der Waals surface area contributed by atoms with Crippen molar-refractivity contribution in [3.05, 3.63) is 23.2 Å². The van der Waals surface area contributed by atoms with Crippen LogP contribution < -0.4 is 0 Å². The van der Waals surface area contributed by atoms with Gasteiger partial charge in [-0.05, 0) is 44.2 Å². The van der Waals surface area contributed by atoms with Gasteiger partial charge in [0.05, 0.1) is 32.5 Å². The molecule has 5 nitrogen and oxygen atoms in total. The molecule has 4 heterocycles. The van der Waals surface area contributed by atoms with Crippen molar-refractivity contribution in [1.82, 2.24) is 4.90 Å². The van der Waals surface area contributed by atoms with E-state index in [9.17, 15) is 0 Å². The first-order valence-electron chi connectivity index (χ1n) is 9.28. The fourth-order valence-electron chi connectivity index (χ4n) is 4.25. The molecule has 3 fully saturated rings. The summed E-state index contributed by atoms with van der Waals surface area (Å²) in [5.74, 6) is 3.24. The number of rotatable bonds is 5. The number of aryl methyl sites for hydroxylation is 2. The molecule has 0 N–H and O–H groups in total. The lowest BCUT2D eigenvalue weighted by Gasteiger charge is -2.25. The molecular weight excluding hydrogens is 306 g/mol. The second kappa shape index (κ2) is 7.16. The van der Waals surface area contributed by atoms with Crippen LogP contribution in [0, 0.1) is 25.7 Å². The normalized spacial score (nSPS) is 31.7. The lowest BCUT2D eigenvalue weighted by molar-refractivity contribution is -0.0260. The highest BCUT2D eigenvalue weighted by molar-refractivity contribution is 5.19. The van der Waals surface area contributed by atoms with Gasteiger partial charge >= 0.3 is 0 Å². The third-order valence-electron chi connectivity index (χ3n) is 5.92. The van der Waals surface area contributed by atoms with Crippen LogP contribution in [0.4, 0.5) is 0 Å². The van der Waals surface area contributed by atoms with Gasteiger partial charge in [-0.15, -0.1) is 0 Å². The van der Waals surface area contributed by atoms with Crippen LogP contribution in [0.3, 0.4) is 0 Å². The molecule has 1 aromatic rings. The second-order valence-corrected chi connectivity index (χ2v) is 7.58. The molecule has 5 heteroatoms. The minimum Gasteiger partial charge on any atom is -0.465 e. The summed E-state index contributed by atoms with van der Waals surface area (Å²) in [7, 11) is 0. The highest BCUT2D eigenvalue weighted by atomic mass is 16.5. The maximum Gasteiger partial charge on any atom is 0.118 e. The third-order valence-corrected chi connectivity index (χ3v) is 5.92. The molecule has 4 rings (SSSR count). The van der Waals surface area contributed by atoms with E-state index < -0.39 is 0 Å². The van der Waals surface area contributed by atoms with Crippen molar-refractivity contribution in [2.24, 2.45) is 11.8 Å². The molecule has 0 unspecified atom stereocenters. The summed E-state index contributed by atoms with van der Waals surface area (Å²) in [6, 6.07) is 2.63. The summed E-state index contributed by atoms with van der Waals surface area (Å²) >= 11 is 0. The van der Waals surface area contributed by atoms with E-state index in [-0.39, 0.29) is 6.10 Å². The van der Waals surface area contributed by atoms with Crippen LogP contribution in [-0.4, -0.2) is 56.6 Å². The predicted molar refractivity (Wildman–Crippen MR) is 90.0 cm³/mol. The molecule has 24 heavy (non-hydrogen) atoms. The average molecular weight is 335 g/mol. The average Bonchev–Trinajstić information content (AvgIpc) is 3.25. The maximum atomic E-state index is 6.35. The first kappa shape index (κ1) is 16.6. The van der Waals surface area contributed by atoms with Crippen molar-refractivity contribution in [2.75, 3.05) is 39.6 Å². The number of ether oxygens (including phenoxy) is 3. The van der Waals surface area contributed by atoms with E-state index in [2.05, 4.69) is 17.9 Å². The Balaban J connectivity index is 1.36. The van der Waals surface area contributed by atoms with Crippen molar-refractivity contribution in [2.45, 2.75) is 45.4 Å². The minimum atomic E-state index is 0.289. The smallest absolute Gasteiger partial charge is 0.118 e. The van der Waals surface area contributed by atoms with Gasteiger partial charge in [0.25, 0.3) is 0 Å². The van der Waals surface area contributed by atoms with E-state index in [1.54, 1.807) is 0 Å². The van der Waals surface area contributed by atoms with E-state index in [1.165, 1.54) is 5.56 Å². The van der Waals surface area contributed by atoms with E-state index in [4.69, 9.17) is 18.6 Å². The fraction of sp³-hybridized carbons (Fsp3) is 0.789. The molecule has 3 atom stereocenters.